The van der Waals surface area contributed by atoms with Gasteiger partial charge in [0.25, 0.3) is 5.91 Å². The molecule has 0 aromatic heterocycles. The molecule has 182 valence electrons. The zero-order chi connectivity index (χ0) is 24.1. The van der Waals surface area contributed by atoms with E-state index in [1.54, 1.807) is 43.3 Å². The van der Waals surface area contributed by atoms with Gasteiger partial charge in [0.05, 0.1) is 4.90 Å². The number of fused-ring (bicyclic) bond motifs is 1. The van der Waals surface area contributed by atoms with Crippen LogP contribution in [0.25, 0.3) is 0 Å². The number of para-hydroxylation sites is 2. The smallest absolute Gasteiger partial charge is 0.351 e. The molecule has 2 aromatic carbocycles. The molecule has 34 heavy (non-hydrogen) atoms. The van der Waals surface area contributed by atoms with Crippen molar-refractivity contribution < 1.29 is 32.2 Å². The third kappa shape index (κ3) is 5.51. The fourth-order valence-corrected chi connectivity index (χ4v) is 5.71. The molecular weight excluding hydrogens is 460 g/mol. The van der Waals surface area contributed by atoms with Gasteiger partial charge in [-0.15, -0.1) is 0 Å². The molecule has 4 rings (SSSR count). The van der Waals surface area contributed by atoms with Crippen molar-refractivity contribution in [2.75, 3.05) is 31.6 Å². The van der Waals surface area contributed by atoms with Gasteiger partial charge in [0, 0.05) is 18.8 Å². The number of nitrogens with zero attached hydrogens (tertiary/aromatic N) is 1. The maximum Gasteiger partial charge on any atom is 0.351 e. The van der Waals surface area contributed by atoms with Crippen LogP contribution < -0.4 is 14.8 Å². The van der Waals surface area contributed by atoms with E-state index in [9.17, 15) is 18.0 Å². The predicted octanol–water partition coefficient (Wildman–Crippen LogP) is 2.88. The topological polar surface area (TPSA) is 111 Å². The number of carbonyl (C=O) groups is 2. The number of carbonyl (C=O) groups excluding carboxylic acids is 2. The minimum atomic E-state index is -3.67. The molecule has 10 heteroatoms. The Bertz CT molecular complexity index is 1160. The molecule has 2 aliphatic heterocycles. The number of benzene rings is 2. The standard InChI is InChI=1S/C24H28N2O7S/c1-17-10-11-18(14-22(17)34(29,30)26-12-6-2-3-7-13-26)25-23(27)16-32-24(28)21-15-31-19-8-4-5-9-20(19)33-21/h4-5,8-11,14,21H,2-3,6-7,12-13,15-16H2,1H3,(H,25,27). The van der Waals surface area contributed by atoms with Gasteiger partial charge in [-0.2, -0.15) is 4.31 Å². The van der Waals surface area contributed by atoms with Crippen molar-refractivity contribution in [2.24, 2.45) is 0 Å². The van der Waals surface area contributed by atoms with Crippen molar-refractivity contribution in [2.45, 2.75) is 43.6 Å². The number of amides is 1. The maximum atomic E-state index is 13.2. The second-order valence-corrected chi connectivity index (χ2v) is 10.2. The number of hydrogen-bond acceptors (Lipinski definition) is 7. The fourth-order valence-electron chi connectivity index (χ4n) is 3.94. The maximum absolute atomic E-state index is 13.2. The summed E-state index contributed by atoms with van der Waals surface area (Å²) in [6, 6.07) is 11.7. The summed E-state index contributed by atoms with van der Waals surface area (Å²) < 4.78 is 44.0. The molecule has 2 heterocycles. The van der Waals surface area contributed by atoms with Crippen molar-refractivity contribution >= 4 is 27.6 Å². The lowest BCUT2D eigenvalue weighted by molar-refractivity contribution is -0.156. The molecule has 2 aromatic rings. The molecule has 0 radical (unpaired) electrons. The Morgan fingerprint density at radius 2 is 1.76 bits per heavy atom. The van der Waals surface area contributed by atoms with Crippen LogP contribution >= 0.6 is 0 Å². The van der Waals surface area contributed by atoms with E-state index in [4.69, 9.17) is 14.2 Å². The highest BCUT2D eigenvalue weighted by Crippen LogP contribution is 2.31. The van der Waals surface area contributed by atoms with Gasteiger partial charge >= 0.3 is 5.97 Å². The second kappa shape index (κ2) is 10.4. The number of ether oxygens (including phenoxy) is 3. The van der Waals surface area contributed by atoms with Crippen molar-refractivity contribution in [1.29, 1.82) is 0 Å². The Hall–Kier alpha value is -3.11. The molecule has 1 N–H and O–H groups in total. The second-order valence-electron chi connectivity index (χ2n) is 8.32. The van der Waals surface area contributed by atoms with Gasteiger partial charge in [-0.3, -0.25) is 4.79 Å². The molecule has 1 saturated heterocycles. The van der Waals surface area contributed by atoms with Gasteiger partial charge in [-0.25, -0.2) is 13.2 Å². The zero-order valence-electron chi connectivity index (χ0n) is 19.0. The van der Waals surface area contributed by atoms with Gasteiger partial charge in [0.2, 0.25) is 16.1 Å². The van der Waals surface area contributed by atoms with Crippen molar-refractivity contribution in [3.63, 3.8) is 0 Å². The van der Waals surface area contributed by atoms with Crippen molar-refractivity contribution in [3.05, 3.63) is 48.0 Å². The summed E-state index contributed by atoms with van der Waals surface area (Å²) in [4.78, 5) is 24.8. The van der Waals surface area contributed by atoms with Gasteiger partial charge in [0.15, 0.2) is 18.1 Å². The van der Waals surface area contributed by atoms with E-state index in [0.717, 1.165) is 25.7 Å². The SMILES string of the molecule is Cc1ccc(NC(=O)COC(=O)C2COc3ccccc3O2)cc1S(=O)(=O)N1CCCCCC1. The molecule has 2 aliphatic rings. The average Bonchev–Trinajstić information content (AvgIpc) is 3.14. The number of hydrogen-bond donors (Lipinski definition) is 1. The fraction of sp³-hybridized carbons (Fsp3) is 0.417. The lowest BCUT2D eigenvalue weighted by Crippen LogP contribution is -2.39. The molecule has 9 nitrogen and oxygen atoms in total. The molecular formula is C24H28N2O7S. The summed E-state index contributed by atoms with van der Waals surface area (Å²) >= 11 is 0. The molecule has 0 aliphatic carbocycles. The minimum Gasteiger partial charge on any atom is -0.485 e. The lowest BCUT2D eigenvalue weighted by atomic mass is 10.2. The van der Waals surface area contributed by atoms with Crippen LogP contribution in [0.3, 0.4) is 0 Å². The first kappa shape index (κ1) is 24.0. The molecule has 1 unspecified atom stereocenters. The average molecular weight is 489 g/mol. The third-order valence-corrected chi connectivity index (χ3v) is 7.81. The number of sulfonamides is 1. The van der Waals surface area contributed by atoms with Gasteiger partial charge in [-0.1, -0.05) is 31.0 Å². The monoisotopic (exact) mass is 488 g/mol. The molecule has 1 atom stereocenters. The summed E-state index contributed by atoms with van der Waals surface area (Å²) in [5.41, 5.74) is 0.912. The zero-order valence-corrected chi connectivity index (χ0v) is 19.8. The summed E-state index contributed by atoms with van der Waals surface area (Å²) in [5.74, 6) is -0.349. The van der Waals surface area contributed by atoms with Crippen molar-refractivity contribution in [1.82, 2.24) is 4.31 Å². The molecule has 1 amide bonds. The summed E-state index contributed by atoms with van der Waals surface area (Å²) in [5, 5.41) is 2.60. The Kier molecular flexibility index (Phi) is 7.38. The van der Waals surface area contributed by atoms with Crippen LogP contribution in [0.1, 0.15) is 31.2 Å². The normalized spacial score (nSPS) is 18.6. The van der Waals surface area contributed by atoms with Gasteiger partial charge in [-0.05, 0) is 49.6 Å². The minimum absolute atomic E-state index is 0.0207. The Morgan fingerprint density at radius 3 is 2.50 bits per heavy atom. The number of rotatable bonds is 6. The van der Waals surface area contributed by atoms with Crippen LogP contribution in [0.15, 0.2) is 47.4 Å². The Morgan fingerprint density at radius 1 is 1.06 bits per heavy atom. The Balaban J connectivity index is 1.36. The molecule has 1 fully saturated rings. The largest absolute Gasteiger partial charge is 0.485 e. The van der Waals surface area contributed by atoms with Gasteiger partial charge < -0.3 is 19.5 Å². The summed E-state index contributed by atoms with van der Waals surface area (Å²) in [6.07, 6.45) is 2.73. The summed E-state index contributed by atoms with van der Waals surface area (Å²) in [6.45, 7) is 2.15. The predicted molar refractivity (Wildman–Crippen MR) is 124 cm³/mol. The van der Waals surface area contributed by atoms with Crippen LogP contribution in [-0.2, 0) is 24.3 Å². The Labute approximate surface area is 199 Å². The summed E-state index contributed by atoms with van der Waals surface area (Å²) in [7, 11) is -3.67. The highest BCUT2D eigenvalue weighted by molar-refractivity contribution is 7.89. The molecule has 0 saturated carbocycles. The van der Waals surface area contributed by atoms with Crippen LogP contribution in [0.4, 0.5) is 5.69 Å². The highest BCUT2D eigenvalue weighted by Gasteiger charge is 2.30. The number of aryl methyl sites for hydroxylation is 1. The van der Waals surface area contributed by atoms with Crippen LogP contribution in [0.5, 0.6) is 11.5 Å². The first-order valence-electron chi connectivity index (χ1n) is 11.3. The van der Waals surface area contributed by atoms with E-state index in [1.807, 2.05) is 0 Å². The number of esters is 1. The van der Waals surface area contributed by atoms with E-state index in [1.165, 1.54) is 10.4 Å². The van der Waals surface area contributed by atoms with E-state index in [2.05, 4.69) is 5.32 Å². The quantitative estimate of drug-likeness (QED) is 0.623. The van der Waals surface area contributed by atoms with E-state index < -0.39 is 34.6 Å². The highest BCUT2D eigenvalue weighted by atomic mass is 32.2. The number of nitrogens with one attached hydrogen (secondary N) is 1. The van der Waals surface area contributed by atoms with E-state index in [0.29, 0.717) is 35.8 Å². The number of anilines is 1. The van der Waals surface area contributed by atoms with Gasteiger partial charge in [0.1, 0.15) is 6.61 Å². The van der Waals surface area contributed by atoms with Crippen molar-refractivity contribution in [3.8, 4) is 11.5 Å². The van der Waals surface area contributed by atoms with Crippen LogP contribution in [-0.4, -0.2) is 57.0 Å². The van der Waals surface area contributed by atoms with Crippen LogP contribution in [0, 0.1) is 6.92 Å². The first-order chi connectivity index (χ1) is 16.3. The lowest BCUT2D eigenvalue weighted by Gasteiger charge is -2.24. The van der Waals surface area contributed by atoms with E-state index >= 15 is 0 Å². The molecule has 0 spiro atoms. The van der Waals surface area contributed by atoms with E-state index in [-0.39, 0.29) is 11.5 Å². The van der Waals surface area contributed by atoms with Crippen LogP contribution in [0.2, 0.25) is 0 Å². The first-order valence-corrected chi connectivity index (χ1v) is 12.7. The molecule has 0 bridgehead atoms. The third-order valence-electron chi connectivity index (χ3n) is 5.77.